The van der Waals surface area contributed by atoms with Gasteiger partial charge in [0, 0.05) is 12.1 Å². The van der Waals surface area contributed by atoms with Gasteiger partial charge < -0.3 is 5.73 Å². The zero-order chi connectivity index (χ0) is 20.5. The Hall–Kier alpha value is -2.35. The third-order valence-electron chi connectivity index (χ3n) is 6.31. The number of unbranched alkanes of at least 4 members (excludes halogenated alkanes) is 5. The average molecular weight is 390 g/mol. The molecule has 3 rings (SSSR count). The van der Waals surface area contributed by atoms with Gasteiger partial charge in [-0.25, -0.2) is 0 Å². The molecule has 1 aliphatic carbocycles. The molecular weight excluding hydrogens is 354 g/mol. The fraction of sp³-hybridized carbons (Fsp3) is 0.444. The molecule has 1 aliphatic rings. The van der Waals surface area contributed by atoms with Gasteiger partial charge in [-0.3, -0.25) is 4.79 Å². The highest BCUT2D eigenvalue weighted by atomic mass is 16.1. The Labute approximate surface area is 176 Å². The van der Waals surface area contributed by atoms with Crippen molar-refractivity contribution in [3.8, 4) is 0 Å². The molecule has 0 bridgehead atoms. The molecule has 2 aromatic rings. The molecule has 0 heterocycles. The van der Waals surface area contributed by atoms with E-state index in [-0.39, 0.29) is 5.78 Å². The monoisotopic (exact) mass is 389 g/mol. The van der Waals surface area contributed by atoms with Crippen LogP contribution < -0.4 is 5.73 Å². The molecule has 2 nitrogen and oxygen atoms in total. The zero-order valence-electron chi connectivity index (χ0n) is 17.7. The normalized spacial score (nSPS) is 14.5. The second-order valence-corrected chi connectivity index (χ2v) is 8.63. The number of aryl methyl sites for hydroxylation is 2. The average Bonchev–Trinajstić information content (AvgIpc) is 3.54. The first-order chi connectivity index (χ1) is 14.1. The van der Waals surface area contributed by atoms with E-state index in [1.807, 2.05) is 0 Å². The summed E-state index contributed by atoms with van der Waals surface area (Å²) >= 11 is 0. The lowest BCUT2D eigenvalue weighted by atomic mass is 9.92. The SMILES string of the molecule is C=C(N)C1(C(=O)Cc2ccc(CCCCCCCCc3ccccc3)cc2)CC1. The van der Waals surface area contributed by atoms with Crippen LogP contribution in [0.1, 0.15) is 68.1 Å². The van der Waals surface area contributed by atoms with Crippen molar-refractivity contribution in [3.05, 3.63) is 83.6 Å². The fourth-order valence-corrected chi connectivity index (χ4v) is 4.09. The minimum Gasteiger partial charge on any atom is -0.402 e. The van der Waals surface area contributed by atoms with E-state index in [1.165, 1.54) is 56.1 Å². The Kier molecular flexibility index (Phi) is 7.69. The predicted octanol–water partition coefficient (Wildman–Crippen LogP) is 6.18. The number of hydrogen-bond acceptors (Lipinski definition) is 2. The second-order valence-electron chi connectivity index (χ2n) is 8.63. The van der Waals surface area contributed by atoms with E-state index >= 15 is 0 Å². The Balaban J connectivity index is 1.27. The van der Waals surface area contributed by atoms with Gasteiger partial charge in [-0.1, -0.05) is 86.9 Å². The van der Waals surface area contributed by atoms with Crippen molar-refractivity contribution in [2.24, 2.45) is 11.1 Å². The van der Waals surface area contributed by atoms with Crippen molar-refractivity contribution >= 4 is 5.78 Å². The first-order valence-electron chi connectivity index (χ1n) is 11.2. The Morgan fingerprint density at radius 1 is 0.759 bits per heavy atom. The number of rotatable bonds is 13. The highest BCUT2D eigenvalue weighted by Crippen LogP contribution is 2.50. The molecule has 0 aliphatic heterocycles. The standard InChI is InChI=1S/C27H35NO/c1-22(28)27(19-20-27)26(29)21-25-17-15-24(16-18-25)14-8-5-3-2-4-7-11-23-12-9-6-10-13-23/h6,9-10,12-13,15-18H,1-5,7-8,11,14,19-21,28H2. The molecular formula is C27H35NO. The lowest BCUT2D eigenvalue weighted by Crippen LogP contribution is -2.24. The Bertz CT molecular complexity index is 787. The number of Topliss-reactive ketones (excluding diaryl/α,β-unsaturated/α-hetero) is 1. The van der Waals surface area contributed by atoms with Crippen molar-refractivity contribution in [1.29, 1.82) is 0 Å². The van der Waals surface area contributed by atoms with E-state index in [1.54, 1.807) is 0 Å². The van der Waals surface area contributed by atoms with Crippen LogP contribution in [0.2, 0.25) is 0 Å². The maximum Gasteiger partial charge on any atom is 0.149 e. The van der Waals surface area contributed by atoms with Gasteiger partial charge in [0.15, 0.2) is 0 Å². The van der Waals surface area contributed by atoms with Crippen molar-refractivity contribution in [2.45, 2.75) is 70.6 Å². The first-order valence-corrected chi connectivity index (χ1v) is 11.2. The molecule has 0 atom stereocenters. The number of hydrogen-bond donors (Lipinski definition) is 1. The van der Waals surface area contributed by atoms with Gasteiger partial charge in [-0.15, -0.1) is 0 Å². The Morgan fingerprint density at radius 2 is 1.24 bits per heavy atom. The predicted molar refractivity (Wildman–Crippen MR) is 122 cm³/mol. The third-order valence-corrected chi connectivity index (χ3v) is 6.31. The van der Waals surface area contributed by atoms with Crippen LogP contribution in [0.15, 0.2) is 66.9 Å². The van der Waals surface area contributed by atoms with Crippen LogP contribution in [0.4, 0.5) is 0 Å². The molecule has 2 heteroatoms. The van der Waals surface area contributed by atoms with E-state index in [4.69, 9.17) is 5.73 Å². The quantitative estimate of drug-likeness (QED) is 0.416. The van der Waals surface area contributed by atoms with Gasteiger partial charge in [-0.05, 0) is 55.2 Å². The highest BCUT2D eigenvalue weighted by molar-refractivity contribution is 5.91. The van der Waals surface area contributed by atoms with E-state index < -0.39 is 5.41 Å². The van der Waals surface area contributed by atoms with Gasteiger partial charge in [0.2, 0.25) is 0 Å². The number of carbonyl (C=O) groups is 1. The molecule has 0 radical (unpaired) electrons. The number of nitrogens with two attached hydrogens (primary N) is 1. The summed E-state index contributed by atoms with van der Waals surface area (Å²) in [5.41, 5.74) is 9.87. The largest absolute Gasteiger partial charge is 0.402 e. The topological polar surface area (TPSA) is 43.1 Å². The van der Waals surface area contributed by atoms with Gasteiger partial charge in [0.25, 0.3) is 0 Å². The van der Waals surface area contributed by atoms with Crippen LogP contribution in [0.25, 0.3) is 0 Å². The maximum absolute atomic E-state index is 12.5. The minimum absolute atomic E-state index is 0.227. The summed E-state index contributed by atoms with van der Waals surface area (Å²) in [4.78, 5) is 12.5. The number of benzene rings is 2. The number of carbonyl (C=O) groups excluding carboxylic acids is 1. The van der Waals surface area contributed by atoms with Gasteiger partial charge in [0.1, 0.15) is 5.78 Å². The van der Waals surface area contributed by atoms with Gasteiger partial charge in [-0.2, -0.15) is 0 Å². The second kappa shape index (κ2) is 10.4. The van der Waals surface area contributed by atoms with Crippen molar-refractivity contribution < 1.29 is 4.79 Å². The van der Waals surface area contributed by atoms with Gasteiger partial charge >= 0.3 is 0 Å². The van der Waals surface area contributed by atoms with E-state index in [0.717, 1.165) is 24.8 Å². The summed E-state index contributed by atoms with van der Waals surface area (Å²) in [5, 5.41) is 0. The molecule has 2 N–H and O–H groups in total. The fourth-order valence-electron chi connectivity index (χ4n) is 4.09. The summed E-state index contributed by atoms with van der Waals surface area (Å²) in [6, 6.07) is 19.3. The number of ketones is 1. The van der Waals surface area contributed by atoms with Crippen LogP contribution in [0.3, 0.4) is 0 Å². The first kappa shape index (κ1) is 21.4. The summed E-state index contributed by atoms with van der Waals surface area (Å²) in [7, 11) is 0. The maximum atomic E-state index is 12.5. The summed E-state index contributed by atoms with van der Waals surface area (Å²) in [5.74, 6) is 0.227. The van der Waals surface area contributed by atoms with E-state index in [9.17, 15) is 4.79 Å². The summed E-state index contributed by atoms with van der Waals surface area (Å²) in [6.07, 6.45) is 12.4. The molecule has 2 aromatic carbocycles. The van der Waals surface area contributed by atoms with Crippen molar-refractivity contribution in [1.82, 2.24) is 0 Å². The Morgan fingerprint density at radius 3 is 1.76 bits per heavy atom. The summed E-state index contributed by atoms with van der Waals surface area (Å²) in [6.45, 7) is 3.80. The molecule has 0 aromatic heterocycles. The molecule has 1 fully saturated rings. The smallest absolute Gasteiger partial charge is 0.149 e. The summed E-state index contributed by atoms with van der Waals surface area (Å²) < 4.78 is 0. The van der Waals surface area contributed by atoms with Gasteiger partial charge in [0.05, 0.1) is 5.41 Å². The van der Waals surface area contributed by atoms with E-state index in [0.29, 0.717) is 12.1 Å². The lowest BCUT2D eigenvalue weighted by Gasteiger charge is -2.13. The van der Waals surface area contributed by atoms with Crippen LogP contribution >= 0.6 is 0 Å². The zero-order valence-corrected chi connectivity index (χ0v) is 17.7. The molecule has 29 heavy (non-hydrogen) atoms. The molecule has 0 spiro atoms. The number of allylic oxidation sites excluding steroid dienone is 1. The third kappa shape index (κ3) is 6.32. The molecule has 1 saturated carbocycles. The molecule has 0 saturated heterocycles. The molecule has 154 valence electrons. The van der Waals surface area contributed by atoms with E-state index in [2.05, 4.69) is 61.2 Å². The molecule has 0 unspecified atom stereocenters. The van der Waals surface area contributed by atoms with Crippen molar-refractivity contribution in [3.63, 3.8) is 0 Å². The highest BCUT2D eigenvalue weighted by Gasteiger charge is 2.50. The van der Waals surface area contributed by atoms with Crippen LogP contribution in [0, 0.1) is 5.41 Å². The minimum atomic E-state index is -0.417. The van der Waals surface area contributed by atoms with Crippen LogP contribution in [0.5, 0.6) is 0 Å². The lowest BCUT2D eigenvalue weighted by molar-refractivity contribution is -0.122. The van der Waals surface area contributed by atoms with Crippen LogP contribution in [-0.2, 0) is 24.1 Å². The van der Waals surface area contributed by atoms with Crippen molar-refractivity contribution in [2.75, 3.05) is 0 Å². The van der Waals surface area contributed by atoms with Crippen LogP contribution in [-0.4, -0.2) is 5.78 Å². The molecule has 0 amide bonds.